The first-order chi connectivity index (χ1) is 14.7. The fourth-order valence-corrected chi connectivity index (χ4v) is 3.11. The summed E-state index contributed by atoms with van der Waals surface area (Å²) in [7, 11) is 1.63. The molecule has 0 unspecified atom stereocenters. The Kier molecular flexibility index (Phi) is 5.69. The monoisotopic (exact) mass is 406 g/mol. The highest BCUT2D eigenvalue weighted by Crippen LogP contribution is 2.22. The maximum atomic E-state index is 12.3. The minimum Gasteiger partial charge on any atom is -0.497 e. The third-order valence-corrected chi connectivity index (χ3v) is 4.74. The second-order valence-corrected chi connectivity index (χ2v) is 6.73. The molecule has 30 heavy (non-hydrogen) atoms. The fraction of sp³-hybridized carbons (Fsp3) is 0.286. The molecule has 0 aliphatic carbocycles. The zero-order chi connectivity index (χ0) is 20.9. The number of methoxy groups -OCH3 is 1. The van der Waals surface area contributed by atoms with Crippen LogP contribution in [0, 0.1) is 0 Å². The van der Waals surface area contributed by atoms with E-state index >= 15 is 0 Å². The van der Waals surface area contributed by atoms with Gasteiger partial charge in [0.15, 0.2) is 17.3 Å². The van der Waals surface area contributed by atoms with Gasteiger partial charge in [-0.3, -0.25) is 9.20 Å². The van der Waals surface area contributed by atoms with Gasteiger partial charge in [0.25, 0.3) is 5.89 Å². The van der Waals surface area contributed by atoms with Crippen molar-refractivity contribution < 1.29 is 14.1 Å². The number of hydrogen-bond acceptors (Lipinski definition) is 7. The molecule has 9 nitrogen and oxygen atoms in total. The summed E-state index contributed by atoms with van der Waals surface area (Å²) < 4.78 is 12.4. The number of pyridine rings is 1. The van der Waals surface area contributed by atoms with Crippen molar-refractivity contribution >= 4 is 11.6 Å². The van der Waals surface area contributed by atoms with E-state index in [0.717, 1.165) is 11.3 Å². The maximum absolute atomic E-state index is 12.3. The summed E-state index contributed by atoms with van der Waals surface area (Å²) in [5.41, 5.74) is 2.35. The Morgan fingerprint density at radius 1 is 1.23 bits per heavy atom. The number of carbonyl (C=O) groups excluding carboxylic acids is 1. The molecule has 4 aromatic rings. The molecule has 0 bridgehead atoms. The predicted octanol–water partition coefficient (Wildman–Crippen LogP) is 2.60. The van der Waals surface area contributed by atoms with Gasteiger partial charge in [0.2, 0.25) is 5.91 Å². The van der Waals surface area contributed by atoms with Crippen LogP contribution in [-0.2, 0) is 24.2 Å². The number of ether oxygens (including phenoxy) is 1. The van der Waals surface area contributed by atoms with Crippen LogP contribution in [0.1, 0.15) is 30.6 Å². The number of fused-ring (bicyclic) bond motifs is 1. The molecule has 1 N–H and O–H groups in total. The summed E-state index contributed by atoms with van der Waals surface area (Å²) in [5, 5.41) is 15.3. The van der Waals surface area contributed by atoms with Gasteiger partial charge in [0.05, 0.1) is 19.2 Å². The molecule has 0 fully saturated rings. The molecule has 3 aromatic heterocycles. The molecule has 0 saturated heterocycles. The number of amides is 1. The number of aryl methyl sites for hydroxylation is 2. The molecule has 4 rings (SSSR count). The van der Waals surface area contributed by atoms with Crippen LogP contribution in [0.3, 0.4) is 0 Å². The fourth-order valence-electron chi connectivity index (χ4n) is 3.11. The third-order valence-electron chi connectivity index (χ3n) is 4.74. The van der Waals surface area contributed by atoms with Crippen LogP contribution in [-0.4, -0.2) is 37.8 Å². The lowest BCUT2D eigenvalue weighted by molar-refractivity contribution is -0.121. The van der Waals surface area contributed by atoms with Gasteiger partial charge in [0, 0.05) is 19.0 Å². The van der Waals surface area contributed by atoms with E-state index in [1.54, 1.807) is 7.11 Å². The number of hydrogen-bond donors (Lipinski definition) is 1. The summed E-state index contributed by atoms with van der Waals surface area (Å²) >= 11 is 0. The van der Waals surface area contributed by atoms with Crippen molar-refractivity contribution in [3.05, 3.63) is 59.8 Å². The zero-order valence-electron chi connectivity index (χ0n) is 16.8. The average molecular weight is 406 g/mol. The van der Waals surface area contributed by atoms with Gasteiger partial charge in [0.1, 0.15) is 5.75 Å². The molecule has 0 spiro atoms. The van der Waals surface area contributed by atoms with Crippen molar-refractivity contribution in [3.8, 4) is 17.2 Å². The first-order valence-electron chi connectivity index (χ1n) is 9.73. The third kappa shape index (κ3) is 4.14. The summed E-state index contributed by atoms with van der Waals surface area (Å²) in [4.78, 5) is 16.7. The molecular formula is C21H22N6O3. The molecule has 3 heterocycles. The first-order valence-corrected chi connectivity index (χ1v) is 9.73. The zero-order valence-corrected chi connectivity index (χ0v) is 16.8. The van der Waals surface area contributed by atoms with E-state index in [1.165, 1.54) is 0 Å². The van der Waals surface area contributed by atoms with Crippen molar-refractivity contribution in [1.29, 1.82) is 0 Å². The Morgan fingerprint density at radius 2 is 2.13 bits per heavy atom. The molecule has 0 aliphatic heterocycles. The van der Waals surface area contributed by atoms with Gasteiger partial charge < -0.3 is 14.6 Å². The van der Waals surface area contributed by atoms with Gasteiger partial charge in [-0.1, -0.05) is 24.2 Å². The number of nitrogens with one attached hydrogen (secondary N) is 1. The molecule has 1 amide bonds. The second-order valence-electron chi connectivity index (χ2n) is 6.73. The summed E-state index contributed by atoms with van der Waals surface area (Å²) in [6, 6.07) is 11.4. The molecular weight excluding hydrogens is 384 g/mol. The highest BCUT2D eigenvalue weighted by Gasteiger charge is 2.16. The maximum Gasteiger partial charge on any atom is 0.261 e. The smallest absolute Gasteiger partial charge is 0.261 e. The highest BCUT2D eigenvalue weighted by atomic mass is 16.5. The number of nitrogens with zero attached hydrogens (tertiary/aromatic N) is 5. The lowest BCUT2D eigenvalue weighted by Gasteiger charge is -2.06. The van der Waals surface area contributed by atoms with Crippen LogP contribution < -0.4 is 10.1 Å². The van der Waals surface area contributed by atoms with E-state index in [-0.39, 0.29) is 12.5 Å². The Balaban J connectivity index is 1.41. The largest absolute Gasteiger partial charge is 0.497 e. The Morgan fingerprint density at radius 3 is 2.93 bits per heavy atom. The number of benzene rings is 1. The van der Waals surface area contributed by atoms with E-state index in [1.807, 2.05) is 53.9 Å². The number of rotatable bonds is 8. The average Bonchev–Trinajstić information content (AvgIpc) is 3.43. The van der Waals surface area contributed by atoms with E-state index in [9.17, 15) is 4.79 Å². The molecule has 9 heteroatoms. The van der Waals surface area contributed by atoms with Crippen molar-refractivity contribution in [3.63, 3.8) is 0 Å². The molecule has 0 aliphatic rings. The van der Waals surface area contributed by atoms with Crippen molar-refractivity contribution in [2.75, 3.05) is 7.11 Å². The van der Waals surface area contributed by atoms with Crippen LogP contribution in [0.4, 0.5) is 0 Å². The van der Waals surface area contributed by atoms with Crippen LogP contribution in [0.2, 0.25) is 0 Å². The molecule has 0 radical (unpaired) electrons. The lowest BCUT2D eigenvalue weighted by Crippen LogP contribution is -2.24. The van der Waals surface area contributed by atoms with Crippen molar-refractivity contribution in [2.24, 2.45) is 0 Å². The topological polar surface area (TPSA) is 107 Å². The molecule has 0 saturated carbocycles. The van der Waals surface area contributed by atoms with Gasteiger partial charge >= 0.3 is 0 Å². The van der Waals surface area contributed by atoms with Crippen molar-refractivity contribution in [2.45, 2.75) is 32.7 Å². The van der Waals surface area contributed by atoms with Gasteiger partial charge in [-0.05, 0) is 36.2 Å². The quantitative estimate of drug-likeness (QED) is 0.479. The molecule has 154 valence electrons. The van der Waals surface area contributed by atoms with E-state index < -0.39 is 0 Å². The van der Waals surface area contributed by atoms with Gasteiger partial charge in [-0.2, -0.15) is 4.98 Å². The summed E-state index contributed by atoms with van der Waals surface area (Å²) in [6.45, 7) is 2.23. The van der Waals surface area contributed by atoms with E-state index in [2.05, 4.69) is 25.7 Å². The Labute approximate surface area is 173 Å². The van der Waals surface area contributed by atoms with E-state index in [0.29, 0.717) is 48.0 Å². The molecule has 0 atom stereocenters. The first kappa shape index (κ1) is 19.6. The van der Waals surface area contributed by atoms with Crippen LogP contribution >= 0.6 is 0 Å². The Hall–Kier alpha value is -3.75. The predicted molar refractivity (Wildman–Crippen MR) is 109 cm³/mol. The number of aromatic nitrogens is 5. The summed E-state index contributed by atoms with van der Waals surface area (Å²) in [6.07, 6.45) is 3.53. The van der Waals surface area contributed by atoms with Gasteiger partial charge in [-0.25, -0.2) is 0 Å². The summed E-state index contributed by atoms with van der Waals surface area (Å²) in [5.74, 6) is 2.38. The van der Waals surface area contributed by atoms with Crippen LogP contribution in [0.5, 0.6) is 5.75 Å². The second kappa shape index (κ2) is 8.73. The van der Waals surface area contributed by atoms with E-state index in [4.69, 9.17) is 9.26 Å². The normalized spacial score (nSPS) is 11.0. The minimum atomic E-state index is -0.0600. The van der Waals surface area contributed by atoms with Gasteiger partial charge in [-0.15, -0.1) is 10.2 Å². The van der Waals surface area contributed by atoms with Crippen LogP contribution in [0.15, 0.2) is 47.1 Å². The number of carbonyl (C=O) groups is 1. The molecule has 1 aromatic carbocycles. The lowest BCUT2D eigenvalue weighted by atomic mass is 10.1. The van der Waals surface area contributed by atoms with Crippen LogP contribution in [0.25, 0.3) is 17.1 Å². The standard InChI is InChI=1S/C21H22N6O3/c1-3-17-23-21(30-26-17)16-8-5-11-27-18(24-25-20(16)27)13-22-19(28)10-9-14-6-4-7-15(12-14)29-2/h4-8,11-12H,3,9-10,13H2,1-2H3,(H,22,28). The van der Waals surface area contributed by atoms with Crippen molar-refractivity contribution in [1.82, 2.24) is 30.1 Å². The minimum absolute atomic E-state index is 0.0600. The SMILES string of the molecule is CCc1noc(-c2cccn3c(CNC(=O)CCc4cccc(OC)c4)nnc23)n1. The Bertz CT molecular complexity index is 1170. The highest BCUT2D eigenvalue weighted by molar-refractivity contribution is 5.76.